The Labute approximate surface area is 117 Å². The van der Waals surface area contributed by atoms with Crippen LogP contribution in [0.25, 0.3) is 0 Å². The van der Waals surface area contributed by atoms with Crippen LogP contribution < -0.4 is 5.32 Å². The van der Waals surface area contributed by atoms with E-state index in [1.165, 1.54) is 0 Å². The van der Waals surface area contributed by atoms with Gasteiger partial charge in [0.2, 0.25) is 0 Å². The second-order valence-corrected chi connectivity index (χ2v) is 4.08. The van der Waals surface area contributed by atoms with E-state index >= 15 is 0 Å². The van der Waals surface area contributed by atoms with Crippen LogP contribution in [0.4, 0.5) is 4.79 Å². The Morgan fingerprint density at radius 2 is 2.00 bits per heavy atom. The van der Waals surface area contributed by atoms with E-state index < -0.39 is 18.1 Å². The van der Waals surface area contributed by atoms with E-state index in [1.54, 1.807) is 0 Å². The van der Waals surface area contributed by atoms with Crippen LogP contribution in [0, 0.1) is 0 Å². The molecule has 0 spiro atoms. The molecule has 0 fully saturated rings. The molecule has 0 unspecified atom stereocenters. The number of carbonyl (C=O) groups excluding carboxylic acids is 1. The molecule has 1 rings (SSSR count). The molecule has 0 bridgehead atoms. The van der Waals surface area contributed by atoms with Gasteiger partial charge in [-0.05, 0) is 12.5 Å². The molecule has 0 aliphatic heterocycles. The molecule has 2 N–H and O–H groups in total. The van der Waals surface area contributed by atoms with Crippen LogP contribution in [0.5, 0.6) is 0 Å². The number of hydrogen-bond acceptors (Lipinski definition) is 4. The van der Waals surface area contributed by atoms with Crippen molar-refractivity contribution in [2.24, 2.45) is 0 Å². The molecule has 1 atom stereocenters. The zero-order chi connectivity index (χ0) is 14.8. The first-order valence-corrected chi connectivity index (χ1v) is 6.41. The van der Waals surface area contributed by atoms with Crippen LogP contribution in [0.1, 0.15) is 18.9 Å². The van der Waals surface area contributed by atoms with Crippen molar-refractivity contribution >= 4 is 12.1 Å². The lowest BCUT2D eigenvalue weighted by atomic mass is 10.2. The summed E-state index contributed by atoms with van der Waals surface area (Å²) in [7, 11) is 0. The monoisotopic (exact) mass is 281 g/mol. The van der Waals surface area contributed by atoms with Gasteiger partial charge in [-0.25, -0.2) is 9.59 Å². The largest absolute Gasteiger partial charge is 0.480 e. The number of amides is 1. The Morgan fingerprint density at radius 1 is 1.30 bits per heavy atom. The standard InChI is InChI=1S/C14H19NO5/c1-2-19-9-8-12(13(16)17)15-14(18)20-10-11-6-4-3-5-7-11/h3-7,12H,2,8-10H2,1H3,(H,15,18)(H,16,17)/t12-/m1/s1. The van der Waals surface area contributed by atoms with Crippen LogP contribution in [0.3, 0.4) is 0 Å². The minimum Gasteiger partial charge on any atom is -0.480 e. The maximum absolute atomic E-state index is 11.5. The first-order valence-electron chi connectivity index (χ1n) is 6.41. The van der Waals surface area contributed by atoms with Crippen molar-refractivity contribution in [3.05, 3.63) is 35.9 Å². The van der Waals surface area contributed by atoms with Crippen molar-refractivity contribution in [1.29, 1.82) is 0 Å². The third kappa shape index (κ3) is 6.19. The van der Waals surface area contributed by atoms with Crippen LogP contribution in [0.2, 0.25) is 0 Å². The molecule has 0 aliphatic carbocycles. The Balaban J connectivity index is 2.36. The van der Waals surface area contributed by atoms with Gasteiger partial charge < -0.3 is 19.9 Å². The van der Waals surface area contributed by atoms with Crippen LogP contribution >= 0.6 is 0 Å². The average molecular weight is 281 g/mol. The predicted molar refractivity (Wildman–Crippen MR) is 72.3 cm³/mol. The van der Waals surface area contributed by atoms with Crippen molar-refractivity contribution < 1.29 is 24.2 Å². The fraction of sp³-hybridized carbons (Fsp3) is 0.429. The molecule has 0 heterocycles. The summed E-state index contributed by atoms with van der Waals surface area (Å²) in [4.78, 5) is 22.5. The number of carboxylic acids is 1. The van der Waals surface area contributed by atoms with Gasteiger partial charge in [-0.1, -0.05) is 30.3 Å². The number of rotatable bonds is 8. The molecular weight excluding hydrogens is 262 g/mol. The van der Waals surface area contributed by atoms with Gasteiger partial charge in [-0.3, -0.25) is 0 Å². The van der Waals surface area contributed by atoms with Gasteiger partial charge in [-0.2, -0.15) is 0 Å². The quantitative estimate of drug-likeness (QED) is 0.710. The van der Waals surface area contributed by atoms with Crippen LogP contribution in [0.15, 0.2) is 30.3 Å². The minimum absolute atomic E-state index is 0.102. The van der Waals surface area contributed by atoms with Crippen molar-refractivity contribution in [2.45, 2.75) is 26.0 Å². The predicted octanol–water partition coefficient (Wildman–Crippen LogP) is 1.79. The highest BCUT2D eigenvalue weighted by Crippen LogP contribution is 2.01. The smallest absolute Gasteiger partial charge is 0.408 e. The first kappa shape index (κ1) is 16.0. The molecule has 0 radical (unpaired) electrons. The average Bonchev–Trinajstić information content (AvgIpc) is 2.45. The summed E-state index contributed by atoms with van der Waals surface area (Å²) in [6.07, 6.45) is -0.554. The molecule has 20 heavy (non-hydrogen) atoms. The van der Waals surface area contributed by atoms with Gasteiger partial charge in [0.1, 0.15) is 12.6 Å². The topological polar surface area (TPSA) is 84.9 Å². The van der Waals surface area contributed by atoms with E-state index in [4.69, 9.17) is 14.6 Å². The first-order chi connectivity index (χ1) is 9.63. The molecule has 0 saturated carbocycles. The summed E-state index contributed by atoms with van der Waals surface area (Å²) >= 11 is 0. The Hall–Kier alpha value is -2.08. The van der Waals surface area contributed by atoms with Gasteiger partial charge in [0.25, 0.3) is 0 Å². The molecule has 1 aromatic carbocycles. The lowest BCUT2D eigenvalue weighted by molar-refractivity contribution is -0.139. The highest BCUT2D eigenvalue weighted by Gasteiger charge is 2.20. The molecule has 0 aliphatic rings. The zero-order valence-electron chi connectivity index (χ0n) is 11.4. The van der Waals surface area contributed by atoms with Gasteiger partial charge in [0, 0.05) is 19.6 Å². The summed E-state index contributed by atoms with van der Waals surface area (Å²) in [6, 6.07) is 8.15. The molecule has 6 heteroatoms. The molecule has 0 saturated heterocycles. The maximum Gasteiger partial charge on any atom is 0.408 e. The number of carboxylic acid groups (broad SMARTS) is 1. The normalized spacial score (nSPS) is 11.7. The third-order valence-electron chi connectivity index (χ3n) is 2.56. The van der Waals surface area contributed by atoms with Crippen LogP contribution in [-0.2, 0) is 20.9 Å². The van der Waals surface area contributed by atoms with Gasteiger partial charge in [-0.15, -0.1) is 0 Å². The van der Waals surface area contributed by atoms with Gasteiger partial charge >= 0.3 is 12.1 Å². The van der Waals surface area contributed by atoms with E-state index in [0.29, 0.717) is 6.61 Å². The number of nitrogens with one attached hydrogen (secondary N) is 1. The van der Waals surface area contributed by atoms with E-state index in [1.807, 2.05) is 37.3 Å². The zero-order valence-corrected chi connectivity index (χ0v) is 11.4. The summed E-state index contributed by atoms with van der Waals surface area (Å²) in [6.45, 7) is 2.69. The number of alkyl carbamates (subject to hydrolysis) is 1. The third-order valence-corrected chi connectivity index (χ3v) is 2.56. The van der Waals surface area contributed by atoms with Crippen molar-refractivity contribution in [2.75, 3.05) is 13.2 Å². The maximum atomic E-state index is 11.5. The van der Waals surface area contributed by atoms with Crippen molar-refractivity contribution in [1.82, 2.24) is 5.32 Å². The van der Waals surface area contributed by atoms with E-state index in [9.17, 15) is 9.59 Å². The summed E-state index contributed by atoms with van der Waals surface area (Å²) in [5.74, 6) is -1.11. The van der Waals surface area contributed by atoms with E-state index in [2.05, 4.69) is 5.32 Å². The number of aliphatic carboxylic acids is 1. The number of ether oxygens (including phenoxy) is 2. The Bertz CT molecular complexity index is 421. The molecular formula is C14H19NO5. The second-order valence-electron chi connectivity index (χ2n) is 4.08. The number of carbonyl (C=O) groups is 2. The van der Waals surface area contributed by atoms with E-state index in [0.717, 1.165) is 5.56 Å². The van der Waals surface area contributed by atoms with Gasteiger partial charge in [0.15, 0.2) is 0 Å². The number of benzene rings is 1. The summed E-state index contributed by atoms with van der Waals surface area (Å²) in [5.41, 5.74) is 0.837. The number of hydrogen-bond donors (Lipinski definition) is 2. The summed E-state index contributed by atoms with van der Waals surface area (Å²) < 4.78 is 10.0. The van der Waals surface area contributed by atoms with Crippen LogP contribution in [-0.4, -0.2) is 36.4 Å². The lowest BCUT2D eigenvalue weighted by Gasteiger charge is -2.14. The fourth-order valence-corrected chi connectivity index (χ4v) is 1.51. The lowest BCUT2D eigenvalue weighted by Crippen LogP contribution is -2.41. The Morgan fingerprint density at radius 3 is 2.60 bits per heavy atom. The fourth-order valence-electron chi connectivity index (χ4n) is 1.51. The van der Waals surface area contributed by atoms with Gasteiger partial charge in [0.05, 0.1) is 0 Å². The SMILES string of the molecule is CCOCC[C@@H](NC(=O)OCc1ccccc1)C(=O)O. The van der Waals surface area contributed by atoms with E-state index in [-0.39, 0.29) is 19.6 Å². The molecule has 0 aromatic heterocycles. The molecule has 1 amide bonds. The second kappa shape index (κ2) is 8.92. The highest BCUT2D eigenvalue weighted by molar-refractivity contribution is 5.79. The molecule has 110 valence electrons. The molecule has 1 aromatic rings. The Kier molecular flexibility index (Phi) is 7.13. The van der Waals surface area contributed by atoms with Crippen molar-refractivity contribution in [3.8, 4) is 0 Å². The minimum atomic E-state index is -1.11. The molecule has 6 nitrogen and oxygen atoms in total. The van der Waals surface area contributed by atoms with Crippen molar-refractivity contribution in [3.63, 3.8) is 0 Å². The highest BCUT2D eigenvalue weighted by atomic mass is 16.5. The summed E-state index contributed by atoms with van der Waals surface area (Å²) in [5, 5.41) is 11.3.